The van der Waals surface area contributed by atoms with E-state index in [2.05, 4.69) is 58.3 Å². The standard InChI is InChI=1S/C20H31N/c1-12(2)14-6-7-18(19(11-14)13(3)4)20(21-5)17-9-15-8-16(15)10-17/h6-7,11-13,15-17,20-21H,8-10H2,1-5H3. The number of nitrogens with one attached hydrogen (secondary N) is 1. The molecule has 2 aliphatic carbocycles. The first-order chi connectivity index (χ1) is 10.0. The third kappa shape index (κ3) is 2.90. The highest BCUT2D eigenvalue weighted by Crippen LogP contribution is 2.57. The maximum atomic E-state index is 3.65. The SMILES string of the molecule is CNC(c1ccc(C(C)C)cc1C(C)C)C1CC2CC2C1. The van der Waals surface area contributed by atoms with Crippen molar-refractivity contribution in [3.05, 3.63) is 34.9 Å². The van der Waals surface area contributed by atoms with E-state index < -0.39 is 0 Å². The van der Waals surface area contributed by atoms with E-state index in [0.717, 1.165) is 17.8 Å². The van der Waals surface area contributed by atoms with Gasteiger partial charge in [0.15, 0.2) is 0 Å². The average molecular weight is 285 g/mol. The van der Waals surface area contributed by atoms with Crippen LogP contribution < -0.4 is 5.32 Å². The van der Waals surface area contributed by atoms with Gasteiger partial charge in [-0.3, -0.25) is 0 Å². The Labute approximate surface area is 130 Å². The van der Waals surface area contributed by atoms with Crippen molar-refractivity contribution in [1.82, 2.24) is 5.32 Å². The maximum Gasteiger partial charge on any atom is 0.0349 e. The Bertz CT molecular complexity index is 493. The Kier molecular flexibility index (Phi) is 4.14. The third-order valence-electron chi connectivity index (χ3n) is 5.80. The molecule has 2 fully saturated rings. The van der Waals surface area contributed by atoms with Crippen LogP contribution in [-0.4, -0.2) is 7.05 Å². The number of hydrogen-bond acceptors (Lipinski definition) is 1. The van der Waals surface area contributed by atoms with E-state index in [1.807, 2.05) is 0 Å². The van der Waals surface area contributed by atoms with Gasteiger partial charge in [0.25, 0.3) is 0 Å². The Hall–Kier alpha value is -0.820. The van der Waals surface area contributed by atoms with Gasteiger partial charge in [-0.05, 0) is 72.6 Å². The molecule has 0 spiro atoms. The van der Waals surface area contributed by atoms with Crippen LogP contribution in [-0.2, 0) is 0 Å². The molecule has 3 unspecified atom stereocenters. The number of rotatable bonds is 5. The molecule has 2 saturated carbocycles. The summed E-state index contributed by atoms with van der Waals surface area (Å²) < 4.78 is 0. The van der Waals surface area contributed by atoms with Crippen molar-refractivity contribution in [2.75, 3.05) is 7.05 Å². The minimum Gasteiger partial charge on any atom is -0.313 e. The Morgan fingerprint density at radius 1 is 0.905 bits per heavy atom. The van der Waals surface area contributed by atoms with Gasteiger partial charge in [-0.2, -0.15) is 0 Å². The van der Waals surface area contributed by atoms with E-state index in [1.54, 1.807) is 11.1 Å². The van der Waals surface area contributed by atoms with Crippen LogP contribution in [0.15, 0.2) is 18.2 Å². The molecule has 0 bridgehead atoms. The van der Waals surface area contributed by atoms with E-state index in [0.29, 0.717) is 17.9 Å². The lowest BCUT2D eigenvalue weighted by atomic mass is 9.82. The third-order valence-corrected chi connectivity index (χ3v) is 5.80. The second kappa shape index (κ2) is 5.76. The molecule has 1 N–H and O–H groups in total. The van der Waals surface area contributed by atoms with Crippen molar-refractivity contribution in [2.24, 2.45) is 17.8 Å². The van der Waals surface area contributed by atoms with Crippen LogP contribution in [0, 0.1) is 17.8 Å². The molecule has 1 aromatic rings. The van der Waals surface area contributed by atoms with Gasteiger partial charge in [-0.25, -0.2) is 0 Å². The monoisotopic (exact) mass is 285 g/mol. The molecule has 1 aromatic carbocycles. The molecule has 0 amide bonds. The quantitative estimate of drug-likeness (QED) is 0.780. The lowest BCUT2D eigenvalue weighted by Gasteiger charge is -2.29. The van der Waals surface area contributed by atoms with E-state index in [9.17, 15) is 0 Å². The van der Waals surface area contributed by atoms with Crippen molar-refractivity contribution in [2.45, 2.75) is 64.8 Å². The van der Waals surface area contributed by atoms with Crippen LogP contribution in [0.25, 0.3) is 0 Å². The van der Waals surface area contributed by atoms with Crippen molar-refractivity contribution < 1.29 is 0 Å². The van der Waals surface area contributed by atoms with Gasteiger partial charge in [-0.15, -0.1) is 0 Å². The zero-order valence-electron chi connectivity index (χ0n) is 14.3. The lowest BCUT2D eigenvalue weighted by Crippen LogP contribution is -2.26. The Morgan fingerprint density at radius 3 is 2.10 bits per heavy atom. The lowest BCUT2D eigenvalue weighted by molar-refractivity contribution is 0.357. The first-order valence-electron chi connectivity index (χ1n) is 8.82. The normalized spacial score (nSPS) is 29.0. The Balaban J connectivity index is 1.91. The van der Waals surface area contributed by atoms with E-state index in [1.165, 1.54) is 24.8 Å². The van der Waals surface area contributed by atoms with Crippen LogP contribution >= 0.6 is 0 Å². The van der Waals surface area contributed by atoms with Crippen molar-refractivity contribution >= 4 is 0 Å². The van der Waals surface area contributed by atoms with E-state index in [4.69, 9.17) is 0 Å². The molecule has 0 saturated heterocycles. The van der Waals surface area contributed by atoms with Crippen molar-refractivity contribution in [3.8, 4) is 0 Å². The number of benzene rings is 1. The summed E-state index contributed by atoms with van der Waals surface area (Å²) in [6, 6.07) is 7.78. The molecule has 3 rings (SSSR count). The zero-order valence-corrected chi connectivity index (χ0v) is 14.3. The van der Waals surface area contributed by atoms with Gasteiger partial charge in [0, 0.05) is 6.04 Å². The smallest absolute Gasteiger partial charge is 0.0349 e. The molecule has 0 aliphatic heterocycles. The highest BCUT2D eigenvalue weighted by molar-refractivity contribution is 5.38. The highest BCUT2D eigenvalue weighted by atomic mass is 14.9. The minimum atomic E-state index is 0.552. The van der Waals surface area contributed by atoms with Gasteiger partial charge >= 0.3 is 0 Å². The summed E-state index contributed by atoms with van der Waals surface area (Å²) in [6.45, 7) is 9.25. The van der Waals surface area contributed by atoms with E-state index in [-0.39, 0.29) is 0 Å². The van der Waals surface area contributed by atoms with Gasteiger partial charge in [0.05, 0.1) is 0 Å². The second-order valence-electron chi connectivity index (χ2n) is 7.95. The summed E-state index contributed by atoms with van der Waals surface area (Å²) >= 11 is 0. The highest BCUT2D eigenvalue weighted by Gasteiger charge is 2.48. The fourth-order valence-electron chi connectivity index (χ4n) is 4.41. The molecule has 1 nitrogen and oxygen atoms in total. The topological polar surface area (TPSA) is 12.0 Å². The fraction of sp³-hybridized carbons (Fsp3) is 0.700. The number of fused-ring (bicyclic) bond motifs is 1. The molecule has 1 heteroatoms. The summed E-state index contributed by atoms with van der Waals surface area (Å²) in [4.78, 5) is 0. The Morgan fingerprint density at radius 2 is 1.57 bits per heavy atom. The second-order valence-corrected chi connectivity index (χ2v) is 7.95. The summed E-state index contributed by atoms with van der Waals surface area (Å²) in [5.41, 5.74) is 4.59. The minimum absolute atomic E-state index is 0.552. The zero-order chi connectivity index (χ0) is 15.1. The van der Waals surface area contributed by atoms with Crippen LogP contribution in [0.3, 0.4) is 0 Å². The molecule has 21 heavy (non-hydrogen) atoms. The number of hydrogen-bond donors (Lipinski definition) is 1. The predicted octanol–water partition coefficient (Wildman–Crippen LogP) is 5.24. The van der Waals surface area contributed by atoms with Crippen molar-refractivity contribution in [1.29, 1.82) is 0 Å². The largest absolute Gasteiger partial charge is 0.313 e. The first kappa shape index (κ1) is 15.1. The van der Waals surface area contributed by atoms with E-state index >= 15 is 0 Å². The molecule has 116 valence electrons. The molecular weight excluding hydrogens is 254 g/mol. The maximum absolute atomic E-state index is 3.65. The van der Waals surface area contributed by atoms with Crippen LogP contribution in [0.1, 0.15) is 81.5 Å². The summed E-state index contributed by atoms with van der Waals surface area (Å²) in [5, 5.41) is 3.65. The molecule has 3 atom stereocenters. The van der Waals surface area contributed by atoms with Crippen LogP contribution in [0.4, 0.5) is 0 Å². The molecule has 0 aromatic heterocycles. The molecule has 0 radical (unpaired) electrons. The van der Waals surface area contributed by atoms with Gasteiger partial charge in [-0.1, -0.05) is 45.9 Å². The summed E-state index contributed by atoms with van der Waals surface area (Å²) in [7, 11) is 2.15. The fourth-order valence-corrected chi connectivity index (χ4v) is 4.41. The summed E-state index contributed by atoms with van der Waals surface area (Å²) in [5.74, 6) is 4.18. The van der Waals surface area contributed by atoms with Crippen LogP contribution in [0.2, 0.25) is 0 Å². The van der Waals surface area contributed by atoms with Crippen LogP contribution in [0.5, 0.6) is 0 Å². The molecule has 2 aliphatic rings. The average Bonchev–Trinajstić information content (AvgIpc) is 3.06. The first-order valence-corrected chi connectivity index (χ1v) is 8.82. The van der Waals surface area contributed by atoms with Gasteiger partial charge in [0.1, 0.15) is 0 Å². The molecule has 0 heterocycles. The van der Waals surface area contributed by atoms with Crippen molar-refractivity contribution in [3.63, 3.8) is 0 Å². The van der Waals surface area contributed by atoms with Gasteiger partial charge < -0.3 is 5.32 Å². The summed E-state index contributed by atoms with van der Waals surface area (Å²) in [6.07, 6.45) is 4.40. The molecular formula is C20H31N. The van der Waals surface area contributed by atoms with Gasteiger partial charge in [0.2, 0.25) is 0 Å². The predicted molar refractivity (Wildman–Crippen MR) is 90.7 cm³/mol.